The van der Waals surface area contributed by atoms with Crippen LogP contribution in [0.1, 0.15) is 20.8 Å². The van der Waals surface area contributed by atoms with Gasteiger partial charge < -0.3 is 5.32 Å². The van der Waals surface area contributed by atoms with Gasteiger partial charge in [-0.25, -0.2) is 9.37 Å². The number of rotatable bonds is 2. The maximum Gasteiger partial charge on any atom is 0.166 e. The first-order valence-corrected chi connectivity index (χ1v) is 4.81. The maximum absolute atomic E-state index is 13.2. The number of nitrogens with zero attached hydrogens (tertiary/aromatic N) is 1. The van der Waals surface area contributed by atoms with Gasteiger partial charge in [0.1, 0.15) is 0 Å². The fraction of sp³-hybridized carbons (Fsp3) is 0.500. The van der Waals surface area contributed by atoms with Crippen LogP contribution in [0.5, 0.6) is 0 Å². The van der Waals surface area contributed by atoms with Crippen LogP contribution < -0.4 is 5.32 Å². The Morgan fingerprint density at radius 3 is 2.64 bits per heavy atom. The van der Waals surface area contributed by atoms with Gasteiger partial charge in [-0.3, -0.25) is 0 Å². The van der Waals surface area contributed by atoms with E-state index in [4.69, 9.17) is 11.6 Å². The van der Waals surface area contributed by atoms with Gasteiger partial charge in [-0.2, -0.15) is 0 Å². The van der Waals surface area contributed by atoms with Crippen LogP contribution in [0, 0.1) is 11.2 Å². The van der Waals surface area contributed by atoms with Gasteiger partial charge in [0.2, 0.25) is 0 Å². The fourth-order valence-corrected chi connectivity index (χ4v) is 1.04. The molecule has 0 atom stereocenters. The highest BCUT2D eigenvalue weighted by molar-refractivity contribution is 6.30. The molecular formula is C10H14ClFN2. The first-order valence-electron chi connectivity index (χ1n) is 4.43. The molecule has 1 aromatic rings. The average Bonchev–Trinajstić information content (AvgIpc) is 2.00. The summed E-state index contributed by atoms with van der Waals surface area (Å²) in [7, 11) is 0. The molecule has 0 radical (unpaired) electrons. The van der Waals surface area contributed by atoms with Crippen molar-refractivity contribution in [2.24, 2.45) is 5.41 Å². The van der Waals surface area contributed by atoms with Crippen molar-refractivity contribution in [2.75, 3.05) is 11.9 Å². The van der Waals surface area contributed by atoms with Gasteiger partial charge in [0.15, 0.2) is 11.6 Å². The van der Waals surface area contributed by atoms with Crippen molar-refractivity contribution in [3.8, 4) is 0 Å². The molecule has 1 aromatic heterocycles. The van der Waals surface area contributed by atoms with Crippen molar-refractivity contribution < 1.29 is 4.39 Å². The van der Waals surface area contributed by atoms with Crippen LogP contribution in [0.4, 0.5) is 10.2 Å². The van der Waals surface area contributed by atoms with Crippen molar-refractivity contribution in [1.29, 1.82) is 0 Å². The topological polar surface area (TPSA) is 24.9 Å². The maximum atomic E-state index is 13.2. The van der Waals surface area contributed by atoms with Crippen LogP contribution >= 0.6 is 11.6 Å². The number of anilines is 1. The molecule has 4 heteroatoms. The monoisotopic (exact) mass is 216 g/mol. The molecule has 14 heavy (non-hydrogen) atoms. The molecule has 0 aliphatic carbocycles. The number of halogens is 2. The van der Waals surface area contributed by atoms with E-state index in [1.807, 2.05) is 0 Å². The smallest absolute Gasteiger partial charge is 0.166 e. The van der Waals surface area contributed by atoms with Crippen LogP contribution in [0.3, 0.4) is 0 Å². The van der Waals surface area contributed by atoms with Crippen molar-refractivity contribution in [3.63, 3.8) is 0 Å². The average molecular weight is 217 g/mol. The lowest BCUT2D eigenvalue weighted by Gasteiger charge is -2.19. The molecule has 0 aliphatic heterocycles. The van der Waals surface area contributed by atoms with Gasteiger partial charge in [0.25, 0.3) is 0 Å². The Balaban J connectivity index is 2.68. The first-order chi connectivity index (χ1) is 6.38. The highest BCUT2D eigenvalue weighted by atomic mass is 35.5. The lowest BCUT2D eigenvalue weighted by molar-refractivity contribution is 0.441. The summed E-state index contributed by atoms with van der Waals surface area (Å²) in [6.07, 6.45) is 1.43. The summed E-state index contributed by atoms with van der Waals surface area (Å²) in [6.45, 7) is 6.86. The Labute approximate surface area is 88.5 Å². The van der Waals surface area contributed by atoms with Crippen LogP contribution in [-0.2, 0) is 0 Å². The lowest BCUT2D eigenvalue weighted by Crippen LogP contribution is -2.20. The van der Waals surface area contributed by atoms with Crippen molar-refractivity contribution in [3.05, 3.63) is 23.1 Å². The predicted octanol–water partition coefficient (Wildman–Crippen LogP) is 3.33. The van der Waals surface area contributed by atoms with Gasteiger partial charge in [0.05, 0.1) is 5.02 Å². The second-order valence-electron chi connectivity index (χ2n) is 4.40. The number of nitrogens with one attached hydrogen (secondary N) is 1. The SMILES string of the molecule is CC(C)(C)CNc1ncc(Cl)cc1F. The summed E-state index contributed by atoms with van der Waals surface area (Å²) in [6, 6.07) is 1.25. The molecule has 1 rings (SSSR count). The predicted molar refractivity (Wildman–Crippen MR) is 57.1 cm³/mol. The molecule has 0 saturated carbocycles. The minimum Gasteiger partial charge on any atom is -0.367 e. The van der Waals surface area contributed by atoms with Crippen molar-refractivity contribution in [1.82, 2.24) is 4.98 Å². The quantitative estimate of drug-likeness (QED) is 0.820. The zero-order chi connectivity index (χ0) is 10.8. The van der Waals surface area contributed by atoms with Crippen LogP contribution in [0.25, 0.3) is 0 Å². The third-order valence-electron chi connectivity index (χ3n) is 1.59. The molecule has 0 bridgehead atoms. The third-order valence-corrected chi connectivity index (χ3v) is 1.80. The molecule has 0 aromatic carbocycles. The van der Waals surface area contributed by atoms with E-state index < -0.39 is 5.82 Å². The first kappa shape index (κ1) is 11.2. The molecule has 0 fully saturated rings. The highest BCUT2D eigenvalue weighted by Crippen LogP contribution is 2.18. The van der Waals surface area contributed by atoms with Gasteiger partial charge in [-0.15, -0.1) is 0 Å². The Hall–Kier alpha value is -0.830. The minimum atomic E-state index is -0.415. The van der Waals surface area contributed by atoms with Crippen LogP contribution in [0.2, 0.25) is 5.02 Å². The molecule has 0 spiro atoms. The van der Waals surface area contributed by atoms with Crippen molar-refractivity contribution >= 4 is 17.4 Å². The molecule has 2 nitrogen and oxygen atoms in total. The Kier molecular flexibility index (Phi) is 3.32. The number of hydrogen-bond acceptors (Lipinski definition) is 2. The second kappa shape index (κ2) is 4.13. The fourth-order valence-electron chi connectivity index (χ4n) is 0.894. The largest absolute Gasteiger partial charge is 0.367 e. The molecule has 78 valence electrons. The summed E-state index contributed by atoms with van der Waals surface area (Å²) in [4.78, 5) is 3.86. The van der Waals surface area contributed by atoms with E-state index in [1.54, 1.807) is 0 Å². The zero-order valence-corrected chi connectivity index (χ0v) is 9.32. The van der Waals surface area contributed by atoms with Gasteiger partial charge in [-0.05, 0) is 11.5 Å². The molecule has 0 amide bonds. The van der Waals surface area contributed by atoms with E-state index >= 15 is 0 Å². The van der Waals surface area contributed by atoms with E-state index in [0.29, 0.717) is 11.6 Å². The molecule has 1 N–H and O–H groups in total. The second-order valence-corrected chi connectivity index (χ2v) is 4.83. The van der Waals surface area contributed by atoms with E-state index in [2.05, 4.69) is 31.1 Å². The van der Waals surface area contributed by atoms with E-state index in [1.165, 1.54) is 12.3 Å². The Bertz CT molecular complexity index is 320. The molecule has 0 aliphatic rings. The highest BCUT2D eigenvalue weighted by Gasteiger charge is 2.11. The zero-order valence-electron chi connectivity index (χ0n) is 8.56. The standard InChI is InChI=1S/C10H14ClFN2/c1-10(2,3)6-14-9-8(12)4-7(11)5-13-9/h4-5H,6H2,1-3H3,(H,13,14). The summed E-state index contributed by atoms with van der Waals surface area (Å²) in [5.41, 5.74) is 0.0910. The van der Waals surface area contributed by atoms with Gasteiger partial charge in [-0.1, -0.05) is 32.4 Å². The van der Waals surface area contributed by atoms with E-state index in [0.717, 1.165) is 0 Å². The summed E-state index contributed by atoms with van der Waals surface area (Å²) in [5.74, 6) is -0.161. The van der Waals surface area contributed by atoms with Gasteiger partial charge in [0, 0.05) is 12.7 Å². The normalized spacial score (nSPS) is 11.5. The lowest BCUT2D eigenvalue weighted by atomic mass is 9.97. The number of aromatic nitrogens is 1. The van der Waals surface area contributed by atoms with Crippen LogP contribution in [-0.4, -0.2) is 11.5 Å². The Morgan fingerprint density at radius 1 is 1.50 bits per heavy atom. The molecule has 1 heterocycles. The van der Waals surface area contributed by atoms with E-state index in [9.17, 15) is 4.39 Å². The van der Waals surface area contributed by atoms with E-state index in [-0.39, 0.29) is 11.2 Å². The number of hydrogen-bond donors (Lipinski definition) is 1. The van der Waals surface area contributed by atoms with Gasteiger partial charge >= 0.3 is 0 Å². The summed E-state index contributed by atoms with van der Waals surface area (Å²) < 4.78 is 13.2. The summed E-state index contributed by atoms with van der Waals surface area (Å²) >= 11 is 5.58. The minimum absolute atomic E-state index is 0.0910. The molecule has 0 saturated heterocycles. The Morgan fingerprint density at radius 2 is 2.14 bits per heavy atom. The third kappa shape index (κ3) is 3.50. The summed E-state index contributed by atoms with van der Waals surface area (Å²) in [5, 5.41) is 3.24. The molecular weight excluding hydrogens is 203 g/mol. The molecule has 0 unspecified atom stereocenters. The number of pyridine rings is 1. The van der Waals surface area contributed by atoms with Crippen molar-refractivity contribution in [2.45, 2.75) is 20.8 Å². The van der Waals surface area contributed by atoms with Crippen LogP contribution in [0.15, 0.2) is 12.3 Å².